The number of hydrogen-bond donors (Lipinski definition) is 2. The fourth-order valence-electron chi connectivity index (χ4n) is 2.07. The van der Waals surface area contributed by atoms with Gasteiger partial charge in [0, 0.05) is 24.0 Å². The minimum Gasteiger partial charge on any atom is -0.469 e. The first-order chi connectivity index (χ1) is 12.3. The summed E-state index contributed by atoms with van der Waals surface area (Å²) in [5, 5.41) is 2.75. The molecule has 0 spiro atoms. The molecule has 0 aliphatic heterocycles. The van der Waals surface area contributed by atoms with Crippen LogP contribution in [0.1, 0.15) is 36.0 Å². The van der Waals surface area contributed by atoms with Crippen molar-refractivity contribution in [3.8, 4) is 0 Å². The first-order valence-electron chi connectivity index (χ1n) is 8.07. The number of carbonyl (C=O) groups excluding carboxylic acids is 2. The Morgan fingerprint density at radius 1 is 1.27 bits per heavy atom. The van der Waals surface area contributed by atoms with E-state index in [2.05, 4.69) is 37.3 Å². The van der Waals surface area contributed by atoms with Crippen molar-refractivity contribution in [1.29, 1.82) is 0 Å². The van der Waals surface area contributed by atoms with E-state index in [1.54, 1.807) is 0 Å². The zero-order valence-electron chi connectivity index (χ0n) is 14.6. The second-order valence-electron chi connectivity index (χ2n) is 5.42. The Kier molecular flexibility index (Phi) is 9.53. The number of halogens is 1. The van der Waals surface area contributed by atoms with E-state index >= 15 is 0 Å². The van der Waals surface area contributed by atoms with Gasteiger partial charge >= 0.3 is 5.97 Å². The van der Waals surface area contributed by atoms with Gasteiger partial charge < -0.3 is 10.1 Å². The van der Waals surface area contributed by atoms with E-state index in [4.69, 9.17) is 0 Å². The Morgan fingerprint density at radius 2 is 2.00 bits per heavy atom. The number of ether oxygens (including phenoxy) is 1. The van der Waals surface area contributed by atoms with Gasteiger partial charge in [0.2, 0.25) is 10.0 Å². The molecule has 9 heteroatoms. The molecule has 0 unspecified atom stereocenters. The highest BCUT2D eigenvalue weighted by Crippen LogP contribution is 2.21. The molecule has 0 fully saturated rings. The molecular weight excluding hydrogens is 424 g/mol. The van der Waals surface area contributed by atoms with Crippen molar-refractivity contribution in [1.82, 2.24) is 10.0 Å². The lowest BCUT2D eigenvalue weighted by molar-refractivity contribution is -0.140. The van der Waals surface area contributed by atoms with Gasteiger partial charge in [0.25, 0.3) is 5.91 Å². The van der Waals surface area contributed by atoms with E-state index in [-0.39, 0.29) is 28.9 Å². The van der Waals surface area contributed by atoms with Crippen molar-refractivity contribution >= 4 is 37.8 Å². The molecule has 144 valence electrons. The highest BCUT2D eigenvalue weighted by Gasteiger charge is 2.17. The number of hydrogen-bond acceptors (Lipinski definition) is 5. The van der Waals surface area contributed by atoms with Gasteiger partial charge in [-0.25, -0.2) is 13.1 Å². The van der Waals surface area contributed by atoms with Crippen molar-refractivity contribution in [2.24, 2.45) is 0 Å². The molecule has 0 radical (unpaired) electrons. The van der Waals surface area contributed by atoms with Crippen LogP contribution in [0, 0.1) is 0 Å². The largest absolute Gasteiger partial charge is 0.469 e. The first kappa shape index (κ1) is 22.3. The van der Waals surface area contributed by atoms with Crippen LogP contribution in [0.4, 0.5) is 0 Å². The van der Waals surface area contributed by atoms with Gasteiger partial charge in [0.15, 0.2) is 0 Å². The summed E-state index contributed by atoms with van der Waals surface area (Å²) in [7, 11) is -2.36. The van der Waals surface area contributed by atoms with Gasteiger partial charge in [0.05, 0.1) is 17.6 Å². The average Bonchev–Trinajstić information content (AvgIpc) is 2.62. The van der Waals surface area contributed by atoms with Crippen LogP contribution in [-0.2, 0) is 19.6 Å². The normalized spacial score (nSPS) is 11.0. The number of nitrogens with one attached hydrogen (secondary N) is 2. The fourth-order valence-corrected chi connectivity index (χ4v) is 3.52. The number of unbranched alkanes of at least 4 members (excludes halogenated alkanes) is 2. The molecular formula is C17H23BrN2O5S. The molecule has 26 heavy (non-hydrogen) atoms. The lowest BCUT2D eigenvalue weighted by Gasteiger charge is -2.10. The standard InChI is InChI=1S/C17H23BrN2O5S/c1-3-10-20-26(23,24)13-8-9-15(18)14(12-13)17(22)19-11-6-4-5-7-16(21)25-2/h3,8-9,12,20H,1,4-7,10-11H2,2H3,(H,19,22). The van der Waals surface area contributed by atoms with Gasteiger partial charge in [-0.1, -0.05) is 12.5 Å². The summed E-state index contributed by atoms with van der Waals surface area (Å²) >= 11 is 3.26. The average molecular weight is 447 g/mol. The van der Waals surface area contributed by atoms with Crippen LogP contribution < -0.4 is 10.0 Å². The number of esters is 1. The lowest BCUT2D eigenvalue weighted by Crippen LogP contribution is -2.26. The quantitative estimate of drug-likeness (QED) is 0.308. The SMILES string of the molecule is C=CCNS(=O)(=O)c1ccc(Br)c(C(=O)NCCCCCC(=O)OC)c1. The predicted molar refractivity (Wildman–Crippen MR) is 102 cm³/mol. The maximum atomic E-state index is 12.3. The van der Waals surface area contributed by atoms with E-state index in [0.29, 0.717) is 30.3 Å². The van der Waals surface area contributed by atoms with E-state index in [1.807, 2.05) is 0 Å². The molecule has 0 heterocycles. The monoisotopic (exact) mass is 446 g/mol. The van der Waals surface area contributed by atoms with Crippen LogP contribution in [0.15, 0.2) is 40.2 Å². The highest BCUT2D eigenvalue weighted by molar-refractivity contribution is 9.10. The number of rotatable bonds is 11. The molecule has 1 rings (SSSR count). The molecule has 0 aromatic heterocycles. The van der Waals surface area contributed by atoms with Crippen LogP contribution in [0.3, 0.4) is 0 Å². The molecule has 0 bridgehead atoms. The van der Waals surface area contributed by atoms with Crippen LogP contribution in [0.5, 0.6) is 0 Å². The zero-order valence-corrected chi connectivity index (χ0v) is 17.0. The summed E-state index contributed by atoms with van der Waals surface area (Å²) in [5.74, 6) is -0.619. The molecule has 0 aliphatic carbocycles. The van der Waals surface area contributed by atoms with E-state index < -0.39 is 10.0 Å². The number of benzene rings is 1. The Labute approximate surface area is 162 Å². The minimum atomic E-state index is -3.70. The van der Waals surface area contributed by atoms with Crippen molar-refractivity contribution in [2.45, 2.75) is 30.6 Å². The lowest BCUT2D eigenvalue weighted by atomic mass is 10.2. The molecule has 1 aromatic rings. The first-order valence-corrected chi connectivity index (χ1v) is 10.3. The third kappa shape index (κ3) is 7.27. The Morgan fingerprint density at radius 3 is 2.65 bits per heavy atom. The topological polar surface area (TPSA) is 102 Å². The number of sulfonamides is 1. The second kappa shape index (κ2) is 11.1. The van der Waals surface area contributed by atoms with Crippen LogP contribution in [0.2, 0.25) is 0 Å². The third-order valence-corrected chi connectivity index (χ3v) is 5.59. The summed E-state index contributed by atoms with van der Waals surface area (Å²) in [6.07, 6.45) is 3.96. The minimum absolute atomic E-state index is 0.00535. The van der Waals surface area contributed by atoms with Crippen LogP contribution in [0.25, 0.3) is 0 Å². The second-order valence-corrected chi connectivity index (χ2v) is 8.05. The highest BCUT2D eigenvalue weighted by atomic mass is 79.9. The molecule has 2 N–H and O–H groups in total. The van der Waals surface area contributed by atoms with Crippen LogP contribution >= 0.6 is 15.9 Å². The molecule has 1 amide bonds. The zero-order chi connectivity index (χ0) is 19.6. The Hall–Kier alpha value is -1.71. The summed E-state index contributed by atoms with van der Waals surface area (Å²) in [6, 6.07) is 4.26. The van der Waals surface area contributed by atoms with Gasteiger partial charge in [-0.3, -0.25) is 9.59 Å². The van der Waals surface area contributed by atoms with Crippen molar-refractivity contribution in [3.63, 3.8) is 0 Å². The summed E-state index contributed by atoms with van der Waals surface area (Å²) in [6.45, 7) is 3.99. The molecule has 0 aliphatic rings. The van der Waals surface area contributed by atoms with E-state index in [1.165, 1.54) is 31.4 Å². The van der Waals surface area contributed by atoms with Gasteiger partial charge in [-0.2, -0.15) is 0 Å². The van der Waals surface area contributed by atoms with Crippen molar-refractivity contribution in [3.05, 3.63) is 40.9 Å². The third-order valence-electron chi connectivity index (χ3n) is 3.48. The molecule has 0 atom stereocenters. The van der Waals surface area contributed by atoms with Crippen LogP contribution in [-0.4, -0.2) is 40.5 Å². The Bertz CT molecular complexity index is 750. The van der Waals surface area contributed by atoms with E-state index in [9.17, 15) is 18.0 Å². The van der Waals surface area contributed by atoms with Crippen molar-refractivity contribution in [2.75, 3.05) is 20.2 Å². The summed E-state index contributed by atoms with van der Waals surface area (Å²) < 4.78 is 31.7. The summed E-state index contributed by atoms with van der Waals surface area (Å²) in [5.41, 5.74) is 0.237. The van der Waals surface area contributed by atoms with E-state index in [0.717, 1.165) is 6.42 Å². The number of methoxy groups -OCH3 is 1. The maximum Gasteiger partial charge on any atom is 0.305 e. The van der Waals surface area contributed by atoms with Gasteiger partial charge in [-0.15, -0.1) is 6.58 Å². The smallest absolute Gasteiger partial charge is 0.305 e. The van der Waals surface area contributed by atoms with Gasteiger partial charge in [-0.05, 0) is 47.0 Å². The molecule has 0 saturated carbocycles. The molecule has 0 saturated heterocycles. The fraction of sp³-hybridized carbons (Fsp3) is 0.412. The molecule has 7 nitrogen and oxygen atoms in total. The number of carbonyl (C=O) groups is 2. The van der Waals surface area contributed by atoms with Gasteiger partial charge in [0.1, 0.15) is 0 Å². The number of amides is 1. The maximum absolute atomic E-state index is 12.3. The molecule has 1 aromatic carbocycles. The summed E-state index contributed by atoms with van der Waals surface area (Å²) in [4.78, 5) is 23.3. The predicted octanol–water partition coefficient (Wildman–Crippen LogP) is 2.38. The Balaban J connectivity index is 2.62. The van der Waals surface area contributed by atoms with Crippen molar-refractivity contribution < 1.29 is 22.7 Å².